The Morgan fingerprint density at radius 2 is 1.92 bits per heavy atom. The minimum atomic E-state index is -0.00966. The summed E-state index contributed by atoms with van der Waals surface area (Å²) in [5, 5.41) is 8.15. The largest absolute Gasteiger partial charge is 0.497 e. The number of ether oxygens (including phenoxy) is 1. The van der Waals surface area contributed by atoms with Crippen molar-refractivity contribution in [2.24, 2.45) is 5.92 Å². The third kappa shape index (κ3) is 2.92. The van der Waals surface area contributed by atoms with Crippen LogP contribution in [0.2, 0.25) is 0 Å². The van der Waals surface area contributed by atoms with Gasteiger partial charge in [0.15, 0.2) is 5.65 Å². The molecule has 0 saturated heterocycles. The SMILES string of the molecule is COc1ccc(N(C(=O)c2ccc3nnc(C)n3c2)C(C)C2CC2)cc1. The predicted molar refractivity (Wildman–Crippen MR) is 99.7 cm³/mol. The van der Waals surface area contributed by atoms with Crippen LogP contribution in [0.4, 0.5) is 5.69 Å². The molecule has 2 aromatic heterocycles. The fourth-order valence-corrected chi connectivity index (χ4v) is 3.34. The van der Waals surface area contributed by atoms with E-state index in [1.54, 1.807) is 7.11 Å². The van der Waals surface area contributed by atoms with E-state index in [0.29, 0.717) is 11.5 Å². The molecule has 1 fully saturated rings. The van der Waals surface area contributed by atoms with Crippen LogP contribution in [0.25, 0.3) is 5.65 Å². The van der Waals surface area contributed by atoms with E-state index in [4.69, 9.17) is 4.74 Å². The molecule has 3 aromatic rings. The average Bonchev–Trinajstić information content (AvgIpc) is 3.46. The molecule has 0 radical (unpaired) electrons. The second-order valence-corrected chi connectivity index (χ2v) is 6.84. The molecule has 1 saturated carbocycles. The number of carbonyl (C=O) groups is 1. The highest BCUT2D eigenvalue weighted by Gasteiger charge is 2.35. The Balaban J connectivity index is 1.73. The van der Waals surface area contributed by atoms with Crippen molar-refractivity contribution in [1.29, 1.82) is 0 Å². The van der Waals surface area contributed by atoms with Crippen molar-refractivity contribution in [2.75, 3.05) is 12.0 Å². The van der Waals surface area contributed by atoms with Crippen molar-refractivity contribution in [2.45, 2.75) is 32.7 Å². The number of rotatable bonds is 5. The van der Waals surface area contributed by atoms with Gasteiger partial charge in [0.2, 0.25) is 0 Å². The summed E-state index contributed by atoms with van der Waals surface area (Å²) in [5.41, 5.74) is 2.25. The van der Waals surface area contributed by atoms with Crippen molar-refractivity contribution in [1.82, 2.24) is 14.6 Å². The topological polar surface area (TPSA) is 59.7 Å². The zero-order valence-electron chi connectivity index (χ0n) is 15.2. The molecule has 26 heavy (non-hydrogen) atoms. The van der Waals surface area contributed by atoms with Crippen molar-refractivity contribution in [3.8, 4) is 5.75 Å². The first-order valence-corrected chi connectivity index (χ1v) is 8.87. The van der Waals surface area contributed by atoms with Crippen molar-refractivity contribution >= 4 is 17.2 Å². The molecule has 0 spiro atoms. The molecular weight excluding hydrogens is 328 g/mol. The third-order valence-corrected chi connectivity index (χ3v) is 5.10. The highest BCUT2D eigenvalue weighted by molar-refractivity contribution is 6.06. The Labute approximate surface area is 152 Å². The van der Waals surface area contributed by atoms with E-state index < -0.39 is 0 Å². The molecule has 2 heterocycles. The van der Waals surface area contributed by atoms with E-state index in [0.717, 1.165) is 22.9 Å². The van der Waals surface area contributed by atoms with Crippen LogP contribution in [0.3, 0.4) is 0 Å². The van der Waals surface area contributed by atoms with Crippen LogP contribution in [0.5, 0.6) is 5.75 Å². The lowest BCUT2D eigenvalue weighted by molar-refractivity contribution is 0.0975. The van der Waals surface area contributed by atoms with Crippen LogP contribution in [-0.2, 0) is 0 Å². The van der Waals surface area contributed by atoms with Gasteiger partial charge in [-0.1, -0.05) is 0 Å². The van der Waals surface area contributed by atoms with Crippen LogP contribution < -0.4 is 9.64 Å². The molecule has 1 aliphatic rings. The predicted octanol–water partition coefficient (Wildman–Crippen LogP) is 3.49. The number of carbonyl (C=O) groups excluding carboxylic acids is 1. The average molecular weight is 350 g/mol. The van der Waals surface area contributed by atoms with Gasteiger partial charge in [-0.15, -0.1) is 10.2 Å². The number of nitrogens with zero attached hydrogens (tertiary/aromatic N) is 4. The minimum Gasteiger partial charge on any atom is -0.497 e. The Kier molecular flexibility index (Phi) is 4.11. The first kappa shape index (κ1) is 16.6. The lowest BCUT2D eigenvalue weighted by Gasteiger charge is -2.30. The molecule has 0 aliphatic heterocycles. The smallest absolute Gasteiger partial charge is 0.260 e. The number of fused-ring (bicyclic) bond motifs is 1. The van der Waals surface area contributed by atoms with E-state index in [9.17, 15) is 4.79 Å². The number of pyridine rings is 1. The van der Waals surface area contributed by atoms with Crippen molar-refractivity contribution in [3.05, 3.63) is 54.0 Å². The molecule has 1 aliphatic carbocycles. The molecule has 4 rings (SSSR count). The monoisotopic (exact) mass is 350 g/mol. The number of hydrogen-bond donors (Lipinski definition) is 0. The Hall–Kier alpha value is -2.89. The summed E-state index contributed by atoms with van der Waals surface area (Å²) in [6, 6.07) is 11.5. The molecule has 0 N–H and O–H groups in total. The van der Waals surface area contributed by atoms with Gasteiger partial charge in [0.05, 0.1) is 12.7 Å². The van der Waals surface area contributed by atoms with Gasteiger partial charge in [-0.05, 0) is 69.0 Å². The summed E-state index contributed by atoms with van der Waals surface area (Å²) < 4.78 is 7.09. The molecule has 134 valence electrons. The zero-order valence-corrected chi connectivity index (χ0v) is 15.2. The van der Waals surface area contributed by atoms with E-state index in [2.05, 4.69) is 17.1 Å². The van der Waals surface area contributed by atoms with Gasteiger partial charge in [-0.2, -0.15) is 0 Å². The fourth-order valence-electron chi connectivity index (χ4n) is 3.34. The second kappa shape index (κ2) is 6.44. The lowest BCUT2D eigenvalue weighted by Crippen LogP contribution is -2.40. The minimum absolute atomic E-state index is 0.00966. The molecule has 6 heteroatoms. The quantitative estimate of drug-likeness (QED) is 0.707. The Morgan fingerprint density at radius 1 is 1.19 bits per heavy atom. The van der Waals surface area contributed by atoms with Crippen molar-refractivity contribution < 1.29 is 9.53 Å². The maximum absolute atomic E-state index is 13.4. The van der Waals surface area contributed by atoms with Crippen LogP contribution in [0.15, 0.2) is 42.6 Å². The number of benzene rings is 1. The molecule has 6 nitrogen and oxygen atoms in total. The van der Waals surface area contributed by atoms with E-state index in [-0.39, 0.29) is 11.9 Å². The second-order valence-electron chi connectivity index (χ2n) is 6.84. The number of anilines is 1. The normalized spacial score (nSPS) is 15.0. The standard InChI is InChI=1S/C20H22N4O2/c1-13(15-4-5-15)24(17-7-9-18(26-3)10-8-17)20(25)16-6-11-19-22-21-14(2)23(19)12-16/h6-13,15H,4-5H2,1-3H3. The summed E-state index contributed by atoms with van der Waals surface area (Å²) in [6.07, 6.45) is 4.17. The van der Waals surface area contributed by atoms with Gasteiger partial charge in [0, 0.05) is 17.9 Å². The first-order chi connectivity index (χ1) is 12.6. The van der Waals surface area contributed by atoms with Crippen LogP contribution in [0, 0.1) is 12.8 Å². The summed E-state index contributed by atoms with van der Waals surface area (Å²) in [5.74, 6) is 2.09. The number of hydrogen-bond acceptors (Lipinski definition) is 4. The maximum atomic E-state index is 13.4. The summed E-state index contributed by atoms with van der Waals surface area (Å²) >= 11 is 0. The molecule has 1 aromatic carbocycles. The van der Waals surface area contributed by atoms with Crippen molar-refractivity contribution in [3.63, 3.8) is 0 Å². The number of aromatic nitrogens is 3. The van der Waals surface area contributed by atoms with Gasteiger partial charge in [-0.3, -0.25) is 9.20 Å². The maximum Gasteiger partial charge on any atom is 0.260 e. The summed E-state index contributed by atoms with van der Waals surface area (Å²) in [7, 11) is 1.64. The molecule has 1 atom stereocenters. The molecule has 1 unspecified atom stereocenters. The van der Waals surface area contributed by atoms with Crippen LogP contribution >= 0.6 is 0 Å². The number of methoxy groups -OCH3 is 1. The molecular formula is C20H22N4O2. The fraction of sp³-hybridized carbons (Fsp3) is 0.350. The number of aryl methyl sites for hydroxylation is 1. The van der Waals surface area contributed by atoms with Gasteiger partial charge in [0.1, 0.15) is 11.6 Å². The highest BCUT2D eigenvalue weighted by Crippen LogP contribution is 2.38. The molecule has 1 amide bonds. The van der Waals surface area contributed by atoms with Crippen LogP contribution in [-0.4, -0.2) is 33.7 Å². The summed E-state index contributed by atoms with van der Waals surface area (Å²) in [4.78, 5) is 15.3. The van der Waals surface area contributed by atoms with Crippen LogP contribution in [0.1, 0.15) is 35.9 Å². The van der Waals surface area contributed by atoms with E-state index in [1.807, 2.05) is 58.8 Å². The van der Waals surface area contributed by atoms with E-state index in [1.165, 1.54) is 12.8 Å². The molecule has 0 bridgehead atoms. The van der Waals surface area contributed by atoms with Gasteiger partial charge < -0.3 is 9.64 Å². The highest BCUT2D eigenvalue weighted by atomic mass is 16.5. The number of amides is 1. The van der Waals surface area contributed by atoms with E-state index >= 15 is 0 Å². The van der Waals surface area contributed by atoms with Gasteiger partial charge in [0.25, 0.3) is 5.91 Å². The zero-order chi connectivity index (χ0) is 18.3. The Morgan fingerprint density at radius 3 is 2.58 bits per heavy atom. The first-order valence-electron chi connectivity index (χ1n) is 8.87. The lowest BCUT2D eigenvalue weighted by atomic mass is 10.1. The van der Waals surface area contributed by atoms with Gasteiger partial charge in [-0.25, -0.2) is 0 Å². The summed E-state index contributed by atoms with van der Waals surface area (Å²) in [6.45, 7) is 4.00. The van der Waals surface area contributed by atoms with Gasteiger partial charge >= 0.3 is 0 Å². The Bertz CT molecular complexity index is 944. The third-order valence-electron chi connectivity index (χ3n) is 5.10.